The maximum absolute atomic E-state index is 12.0. The lowest BCUT2D eigenvalue weighted by Gasteiger charge is -2.09. The zero-order valence-corrected chi connectivity index (χ0v) is 16.0. The predicted molar refractivity (Wildman–Crippen MR) is 113 cm³/mol. The van der Waals surface area contributed by atoms with Crippen LogP contribution in [0.5, 0.6) is 5.75 Å². The van der Waals surface area contributed by atoms with Crippen molar-refractivity contribution in [3.8, 4) is 5.75 Å². The maximum Gasteiger partial charge on any atom is 0.329 e. The Morgan fingerprint density at radius 1 is 0.931 bits per heavy atom. The number of benzene rings is 3. The van der Waals surface area contributed by atoms with Gasteiger partial charge < -0.3 is 10.1 Å². The number of aryl methyl sites for hydroxylation is 1. The molecule has 2 N–H and O–H groups in total. The molecular formula is C23H21N3O3. The monoisotopic (exact) mass is 387 g/mol. The van der Waals surface area contributed by atoms with E-state index in [1.54, 1.807) is 18.2 Å². The second-order valence-corrected chi connectivity index (χ2v) is 6.33. The van der Waals surface area contributed by atoms with Crippen molar-refractivity contribution >= 4 is 23.7 Å². The van der Waals surface area contributed by atoms with E-state index in [0.717, 1.165) is 11.1 Å². The van der Waals surface area contributed by atoms with Crippen LogP contribution in [-0.2, 0) is 16.2 Å². The molecule has 0 saturated carbocycles. The van der Waals surface area contributed by atoms with Crippen molar-refractivity contribution in [3.05, 3.63) is 95.6 Å². The molecule has 0 aromatic heterocycles. The summed E-state index contributed by atoms with van der Waals surface area (Å²) in [5.74, 6) is -1.02. The Bertz CT molecular complexity index is 1020. The highest BCUT2D eigenvalue weighted by Gasteiger charge is 2.12. The Hall–Kier alpha value is -3.93. The number of para-hydroxylation sites is 1. The molecule has 0 bridgehead atoms. The standard InChI is InChI=1S/C23H21N3O3/c1-17-8-7-12-20(14-17)25-22(27)23(28)26-24-15-19-11-5-6-13-21(19)29-16-18-9-3-2-4-10-18/h2-15H,16H2,1H3,(H,25,27)(H,26,28). The Labute approximate surface area is 169 Å². The van der Waals surface area contributed by atoms with Crippen LogP contribution in [0.25, 0.3) is 0 Å². The number of carbonyl (C=O) groups excluding carboxylic acids is 2. The van der Waals surface area contributed by atoms with E-state index in [-0.39, 0.29) is 0 Å². The number of carbonyl (C=O) groups is 2. The van der Waals surface area contributed by atoms with E-state index in [0.29, 0.717) is 23.6 Å². The summed E-state index contributed by atoms with van der Waals surface area (Å²) < 4.78 is 5.84. The van der Waals surface area contributed by atoms with Crippen LogP contribution in [-0.4, -0.2) is 18.0 Å². The first kappa shape index (κ1) is 19.8. The minimum atomic E-state index is -0.856. The SMILES string of the molecule is Cc1cccc(NC(=O)C(=O)NN=Cc2ccccc2OCc2ccccc2)c1. The molecule has 0 fully saturated rings. The van der Waals surface area contributed by atoms with Crippen LogP contribution in [0, 0.1) is 6.92 Å². The number of hydrogen-bond donors (Lipinski definition) is 2. The number of hydrogen-bond acceptors (Lipinski definition) is 4. The van der Waals surface area contributed by atoms with E-state index in [4.69, 9.17) is 4.74 Å². The second kappa shape index (κ2) is 9.85. The topological polar surface area (TPSA) is 79.8 Å². The summed E-state index contributed by atoms with van der Waals surface area (Å²) in [6.07, 6.45) is 1.44. The molecule has 3 rings (SSSR count). The van der Waals surface area contributed by atoms with E-state index in [1.165, 1.54) is 6.21 Å². The summed E-state index contributed by atoms with van der Waals surface area (Å²) in [6.45, 7) is 2.31. The second-order valence-electron chi connectivity index (χ2n) is 6.33. The Kier molecular flexibility index (Phi) is 6.73. The van der Waals surface area contributed by atoms with Crippen LogP contribution < -0.4 is 15.5 Å². The average Bonchev–Trinajstić information content (AvgIpc) is 2.73. The van der Waals surface area contributed by atoms with Crippen molar-refractivity contribution in [3.63, 3.8) is 0 Å². The minimum Gasteiger partial charge on any atom is -0.488 e. The van der Waals surface area contributed by atoms with E-state index in [2.05, 4.69) is 15.8 Å². The first-order valence-corrected chi connectivity index (χ1v) is 9.08. The van der Waals surface area contributed by atoms with Gasteiger partial charge in [-0.3, -0.25) is 9.59 Å². The Morgan fingerprint density at radius 2 is 1.69 bits per heavy atom. The van der Waals surface area contributed by atoms with Gasteiger partial charge in [-0.25, -0.2) is 5.43 Å². The zero-order valence-electron chi connectivity index (χ0n) is 16.0. The smallest absolute Gasteiger partial charge is 0.329 e. The van der Waals surface area contributed by atoms with Gasteiger partial charge in [0.1, 0.15) is 12.4 Å². The van der Waals surface area contributed by atoms with Gasteiger partial charge in [-0.2, -0.15) is 5.10 Å². The van der Waals surface area contributed by atoms with Crippen molar-refractivity contribution in [2.75, 3.05) is 5.32 Å². The van der Waals surface area contributed by atoms with Crippen LogP contribution in [0.15, 0.2) is 84.0 Å². The molecule has 0 aliphatic carbocycles. The Morgan fingerprint density at radius 3 is 2.48 bits per heavy atom. The quantitative estimate of drug-likeness (QED) is 0.385. The van der Waals surface area contributed by atoms with Gasteiger partial charge in [0.15, 0.2) is 0 Å². The molecule has 2 amide bonds. The fourth-order valence-electron chi connectivity index (χ4n) is 2.58. The number of nitrogens with zero attached hydrogens (tertiary/aromatic N) is 1. The first-order chi connectivity index (χ1) is 14.1. The minimum absolute atomic E-state index is 0.414. The molecule has 0 atom stereocenters. The number of rotatable bonds is 6. The van der Waals surface area contributed by atoms with Crippen LogP contribution >= 0.6 is 0 Å². The van der Waals surface area contributed by atoms with Gasteiger partial charge in [0, 0.05) is 11.3 Å². The lowest BCUT2D eigenvalue weighted by atomic mass is 10.2. The summed E-state index contributed by atoms with van der Waals surface area (Å²) in [6, 6.07) is 24.3. The van der Waals surface area contributed by atoms with E-state index in [9.17, 15) is 9.59 Å². The lowest BCUT2D eigenvalue weighted by molar-refractivity contribution is -0.136. The summed E-state index contributed by atoms with van der Waals surface area (Å²) in [4.78, 5) is 23.9. The number of nitrogens with one attached hydrogen (secondary N) is 2. The van der Waals surface area contributed by atoms with Gasteiger partial charge in [0.25, 0.3) is 0 Å². The van der Waals surface area contributed by atoms with Gasteiger partial charge in [0.05, 0.1) is 6.21 Å². The van der Waals surface area contributed by atoms with Crippen molar-refractivity contribution in [1.29, 1.82) is 0 Å². The molecule has 3 aromatic carbocycles. The molecule has 6 nitrogen and oxygen atoms in total. The molecule has 3 aromatic rings. The third-order valence-corrected chi connectivity index (χ3v) is 4.01. The molecule has 0 aliphatic heterocycles. The van der Waals surface area contributed by atoms with Gasteiger partial charge in [-0.05, 0) is 42.3 Å². The highest BCUT2D eigenvalue weighted by atomic mass is 16.5. The fourth-order valence-corrected chi connectivity index (χ4v) is 2.58. The molecule has 0 radical (unpaired) electrons. The summed E-state index contributed by atoms with van der Waals surface area (Å²) in [5, 5.41) is 6.40. The third-order valence-electron chi connectivity index (χ3n) is 4.01. The maximum atomic E-state index is 12.0. The van der Waals surface area contributed by atoms with Crippen LogP contribution in [0.2, 0.25) is 0 Å². The molecule has 146 valence electrons. The highest BCUT2D eigenvalue weighted by molar-refractivity contribution is 6.39. The summed E-state index contributed by atoms with van der Waals surface area (Å²) in [5.41, 5.74) is 5.48. The normalized spacial score (nSPS) is 10.5. The molecule has 0 aliphatic rings. The predicted octanol–water partition coefficient (Wildman–Crippen LogP) is 3.66. The summed E-state index contributed by atoms with van der Waals surface area (Å²) in [7, 11) is 0. The molecule has 0 spiro atoms. The molecule has 0 heterocycles. The zero-order chi connectivity index (χ0) is 20.5. The summed E-state index contributed by atoms with van der Waals surface area (Å²) >= 11 is 0. The highest BCUT2D eigenvalue weighted by Crippen LogP contribution is 2.17. The van der Waals surface area contributed by atoms with Crippen LogP contribution in [0.3, 0.4) is 0 Å². The van der Waals surface area contributed by atoms with Crippen LogP contribution in [0.4, 0.5) is 5.69 Å². The number of amides is 2. The number of anilines is 1. The largest absolute Gasteiger partial charge is 0.488 e. The Balaban J connectivity index is 1.57. The van der Waals surface area contributed by atoms with Crippen molar-refractivity contribution in [2.45, 2.75) is 13.5 Å². The van der Waals surface area contributed by atoms with E-state index < -0.39 is 11.8 Å². The van der Waals surface area contributed by atoms with E-state index >= 15 is 0 Å². The fraction of sp³-hybridized carbons (Fsp3) is 0.0870. The third kappa shape index (κ3) is 6.04. The molecule has 6 heteroatoms. The van der Waals surface area contributed by atoms with Crippen molar-refractivity contribution < 1.29 is 14.3 Å². The van der Waals surface area contributed by atoms with Gasteiger partial charge in [-0.15, -0.1) is 0 Å². The molecular weight excluding hydrogens is 366 g/mol. The molecule has 0 unspecified atom stereocenters. The molecule has 0 saturated heterocycles. The van der Waals surface area contributed by atoms with Gasteiger partial charge in [0.2, 0.25) is 0 Å². The van der Waals surface area contributed by atoms with Gasteiger partial charge in [-0.1, -0.05) is 54.6 Å². The van der Waals surface area contributed by atoms with Crippen molar-refractivity contribution in [1.82, 2.24) is 5.43 Å². The van der Waals surface area contributed by atoms with E-state index in [1.807, 2.05) is 67.6 Å². The number of hydrazone groups is 1. The van der Waals surface area contributed by atoms with Gasteiger partial charge >= 0.3 is 11.8 Å². The first-order valence-electron chi connectivity index (χ1n) is 9.08. The molecule has 29 heavy (non-hydrogen) atoms. The van der Waals surface area contributed by atoms with Crippen molar-refractivity contribution in [2.24, 2.45) is 5.10 Å². The lowest BCUT2D eigenvalue weighted by Crippen LogP contribution is -2.32. The average molecular weight is 387 g/mol. The number of ether oxygens (including phenoxy) is 1. The van der Waals surface area contributed by atoms with Crippen LogP contribution in [0.1, 0.15) is 16.7 Å².